The molecule has 1 aliphatic rings. The molecule has 1 unspecified atom stereocenters. The van der Waals surface area contributed by atoms with Crippen LogP contribution in [-0.2, 0) is 16.1 Å². The minimum Gasteiger partial charge on any atom is -0.507 e. The molecule has 1 aliphatic heterocycles. The van der Waals surface area contributed by atoms with E-state index in [0.29, 0.717) is 16.9 Å². The first-order valence-electron chi connectivity index (χ1n) is 12.5. The number of Topliss-reactive ketones (excluding diaryl/α,β-unsaturated/α-hetero) is 1. The summed E-state index contributed by atoms with van der Waals surface area (Å²) < 4.78 is 19.1. The molecule has 2 N–H and O–H groups in total. The van der Waals surface area contributed by atoms with Crippen LogP contribution in [0.15, 0.2) is 72.3 Å². The van der Waals surface area contributed by atoms with Crippen LogP contribution in [0.25, 0.3) is 16.7 Å². The number of H-pyrrole nitrogens is 1. The molecule has 4 aromatic rings. The molecule has 1 amide bonds. The summed E-state index contributed by atoms with van der Waals surface area (Å²) in [7, 11) is 1.58. The maximum Gasteiger partial charge on any atom is 0.295 e. The summed E-state index contributed by atoms with van der Waals surface area (Å²) in [6.45, 7) is 5.99. The Bertz CT molecular complexity index is 1580. The fourth-order valence-electron chi connectivity index (χ4n) is 5.27. The number of amides is 1. The van der Waals surface area contributed by atoms with Gasteiger partial charge in [-0.25, -0.2) is 4.39 Å². The highest BCUT2D eigenvalue weighted by atomic mass is 19.1. The van der Waals surface area contributed by atoms with Crippen LogP contribution in [0.1, 0.15) is 53.8 Å². The van der Waals surface area contributed by atoms with E-state index < -0.39 is 17.7 Å². The Morgan fingerprint density at radius 3 is 2.47 bits per heavy atom. The highest BCUT2D eigenvalue weighted by molar-refractivity contribution is 6.46. The molecule has 0 bridgehead atoms. The number of aromatic amines is 1. The number of aromatic nitrogens is 1. The van der Waals surface area contributed by atoms with Gasteiger partial charge in [-0.2, -0.15) is 0 Å². The fraction of sp³-hybridized carbons (Fsp3) is 0.226. The number of aryl methyl sites for hydroxylation is 1. The van der Waals surface area contributed by atoms with Crippen LogP contribution < -0.4 is 4.74 Å². The number of para-hydroxylation sites is 1. The molecule has 1 aromatic heterocycles. The van der Waals surface area contributed by atoms with Crippen molar-refractivity contribution >= 4 is 28.4 Å². The lowest BCUT2D eigenvalue weighted by molar-refractivity contribution is -0.140. The van der Waals surface area contributed by atoms with Crippen LogP contribution in [-0.4, -0.2) is 33.8 Å². The van der Waals surface area contributed by atoms with Crippen molar-refractivity contribution in [3.05, 3.63) is 106 Å². The van der Waals surface area contributed by atoms with Crippen LogP contribution in [0.2, 0.25) is 0 Å². The van der Waals surface area contributed by atoms with Crippen LogP contribution >= 0.6 is 0 Å². The first-order chi connectivity index (χ1) is 18.2. The van der Waals surface area contributed by atoms with E-state index in [9.17, 15) is 19.1 Å². The van der Waals surface area contributed by atoms with Gasteiger partial charge in [-0.15, -0.1) is 0 Å². The molecule has 0 saturated carbocycles. The van der Waals surface area contributed by atoms with Crippen LogP contribution in [0.4, 0.5) is 4.39 Å². The van der Waals surface area contributed by atoms with Gasteiger partial charge < -0.3 is 19.7 Å². The second kappa shape index (κ2) is 9.82. The van der Waals surface area contributed by atoms with Gasteiger partial charge in [0.2, 0.25) is 0 Å². The number of rotatable bonds is 6. The molecule has 5 rings (SSSR count). The van der Waals surface area contributed by atoms with E-state index in [4.69, 9.17) is 4.74 Å². The molecule has 38 heavy (non-hydrogen) atoms. The minimum atomic E-state index is -0.846. The summed E-state index contributed by atoms with van der Waals surface area (Å²) in [5.41, 5.74) is 4.37. The summed E-state index contributed by atoms with van der Waals surface area (Å²) in [6, 6.07) is 17.9. The normalized spacial score (nSPS) is 17.1. The molecule has 0 spiro atoms. The zero-order chi connectivity index (χ0) is 27.1. The van der Waals surface area contributed by atoms with Crippen molar-refractivity contribution in [2.45, 2.75) is 39.3 Å². The average Bonchev–Trinajstić information content (AvgIpc) is 3.36. The van der Waals surface area contributed by atoms with Gasteiger partial charge in [0, 0.05) is 34.3 Å². The third-order valence-electron chi connectivity index (χ3n) is 7.15. The number of ether oxygens (including phenoxy) is 1. The number of methoxy groups -OCH3 is 1. The van der Waals surface area contributed by atoms with Crippen molar-refractivity contribution in [2.24, 2.45) is 0 Å². The summed E-state index contributed by atoms with van der Waals surface area (Å²) in [6.07, 6.45) is 0. The van der Waals surface area contributed by atoms with E-state index in [-0.39, 0.29) is 29.6 Å². The smallest absolute Gasteiger partial charge is 0.295 e. The number of likely N-dealkylation sites (tertiary alicyclic amines) is 1. The number of benzene rings is 3. The predicted molar refractivity (Wildman–Crippen MR) is 144 cm³/mol. The van der Waals surface area contributed by atoms with Crippen molar-refractivity contribution in [3.63, 3.8) is 0 Å². The summed E-state index contributed by atoms with van der Waals surface area (Å²) >= 11 is 0. The topological polar surface area (TPSA) is 82.6 Å². The summed E-state index contributed by atoms with van der Waals surface area (Å²) in [5, 5.41) is 12.5. The van der Waals surface area contributed by atoms with Crippen molar-refractivity contribution < 1.29 is 23.8 Å². The number of hydrogen-bond donors (Lipinski definition) is 2. The molecule has 0 radical (unpaired) electrons. The Labute approximate surface area is 220 Å². The van der Waals surface area contributed by atoms with Gasteiger partial charge in [-0.05, 0) is 60.4 Å². The molecule has 0 aliphatic carbocycles. The average molecular weight is 513 g/mol. The lowest BCUT2D eigenvalue weighted by atomic mass is 9.91. The van der Waals surface area contributed by atoms with Gasteiger partial charge in [-0.3, -0.25) is 9.59 Å². The number of halogens is 1. The molecule has 1 saturated heterocycles. The molecule has 7 heteroatoms. The zero-order valence-electron chi connectivity index (χ0n) is 21.7. The van der Waals surface area contributed by atoms with E-state index in [1.807, 2.05) is 45.0 Å². The molecule has 2 heterocycles. The lowest BCUT2D eigenvalue weighted by Crippen LogP contribution is -2.29. The minimum absolute atomic E-state index is 0.0184. The Kier molecular flexibility index (Phi) is 6.53. The number of aliphatic hydroxyl groups excluding tert-OH is 1. The Morgan fingerprint density at radius 2 is 1.79 bits per heavy atom. The number of fused-ring (bicyclic) bond motifs is 1. The third kappa shape index (κ3) is 4.24. The summed E-state index contributed by atoms with van der Waals surface area (Å²) in [5.74, 6) is -1.34. The first kappa shape index (κ1) is 25.3. The van der Waals surface area contributed by atoms with Crippen molar-refractivity contribution in [2.75, 3.05) is 7.11 Å². The number of nitrogens with zero attached hydrogens (tertiary/aromatic N) is 1. The second-order valence-corrected chi connectivity index (χ2v) is 9.87. The monoisotopic (exact) mass is 512 g/mol. The predicted octanol–water partition coefficient (Wildman–Crippen LogP) is 6.37. The van der Waals surface area contributed by atoms with E-state index in [1.54, 1.807) is 37.4 Å². The highest BCUT2D eigenvalue weighted by Gasteiger charge is 2.47. The molecular formula is C31H29FN2O4. The first-order valence-corrected chi connectivity index (χ1v) is 12.5. The van der Waals surface area contributed by atoms with E-state index in [0.717, 1.165) is 27.7 Å². The number of aliphatic hydroxyl groups is 1. The van der Waals surface area contributed by atoms with Gasteiger partial charge in [0.05, 0.1) is 18.7 Å². The van der Waals surface area contributed by atoms with E-state index in [1.165, 1.54) is 17.0 Å². The zero-order valence-corrected chi connectivity index (χ0v) is 21.7. The lowest BCUT2D eigenvalue weighted by Gasteiger charge is -2.26. The molecule has 3 aromatic carbocycles. The van der Waals surface area contributed by atoms with Gasteiger partial charge in [0.1, 0.15) is 17.3 Å². The van der Waals surface area contributed by atoms with Crippen LogP contribution in [0.5, 0.6) is 5.75 Å². The number of carbonyl (C=O) groups excluding carboxylic acids is 2. The number of ketones is 1. The third-order valence-corrected chi connectivity index (χ3v) is 7.15. The van der Waals surface area contributed by atoms with Crippen molar-refractivity contribution in [1.29, 1.82) is 0 Å². The maximum absolute atomic E-state index is 13.6. The van der Waals surface area contributed by atoms with Crippen LogP contribution in [0, 0.1) is 12.7 Å². The standard InChI is InChI=1S/C31H29FN2O4/c1-17(2)23-15-20(11-14-25(23)38-4)29(35)27-28(26-18(3)33-24-8-6-5-7-22(24)26)34(31(37)30(27)36)16-19-9-12-21(32)13-10-19/h5-15,17,28,33,35H,16H2,1-4H3/b29-27+. The number of hydrogen-bond acceptors (Lipinski definition) is 4. The fourth-order valence-corrected chi connectivity index (χ4v) is 5.27. The maximum atomic E-state index is 13.6. The van der Waals surface area contributed by atoms with Gasteiger partial charge in [-0.1, -0.05) is 44.2 Å². The molecular weight excluding hydrogens is 483 g/mol. The molecule has 1 fully saturated rings. The second-order valence-electron chi connectivity index (χ2n) is 9.87. The summed E-state index contributed by atoms with van der Waals surface area (Å²) in [4.78, 5) is 31.8. The van der Waals surface area contributed by atoms with Gasteiger partial charge in [0.25, 0.3) is 11.7 Å². The van der Waals surface area contributed by atoms with Crippen molar-refractivity contribution in [1.82, 2.24) is 9.88 Å². The largest absolute Gasteiger partial charge is 0.507 e. The Hall–Kier alpha value is -4.39. The Balaban J connectivity index is 1.73. The van der Waals surface area contributed by atoms with Crippen LogP contribution in [0.3, 0.4) is 0 Å². The molecule has 6 nitrogen and oxygen atoms in total. The number of nitrogens with one attached hydrogen (secondary N) is 1. The van der Waals surface area contributed by atoms with Crippen molar-refractivity contribution in [3.8, 4) is 5.75 Å². The molecule has 194 valence electrons. The molecule has 1 atom stereocenters. The number of carbonyl (C=O) groups is 2. The van der Waals surface area contributed by atoms with Gasteiger partial charge >= 0.3 is 0 Å². The quantitative estimate of drug-likeness (QED) is 0.179. The van der Waals surface area contributed by atoms with Gasteiger partial charge in [0.15, 0.2) is 0 Å². The van der Waals surface area contributed by atoms with E-state index >= 15 is 0 Å². The highest BCUT2D eigenvalue weighted by Crippen LogP contribution is 2.44. The van der Waals surface area contributed by atoms with E-state index in [2.05, 4.69) is 4.98 Å². The SMILES string of the molecule is COc1ccc(/C(O)=C2\C(=O)C(=O)N(Cc3ccc(F)cc3)C2c2c(C)[nH]c3ccccc23)cc1C(C)C. The Morgan fingerprint density at radius 1 is 1.08 bits per heavy atom.